The van der Waals surface area contributed by atoms with Gasteiger partial charge in [0, 0.05) is 12.0 Å². The van der Waals surface area contributed by atoms with E-state index in [1.54, 1.807) is 0 Å². The molecule has 25 heavy (non-hydrogen) atoms. The van der Waals surface area contributed by atoms with Crippen LogP contribution in [0.2, 0.25) is 0 Å². The molecule has 0 unspecified atom stereocenters. The summed E-state index contributed by atoms with van der Waals surface area (Å²) in [5.41, 5.74) is 1.64. The monoisotopic (exact) mass is 405 g/mol. The average Bonchev–Trinajstić information content (AvgIpc) is 3.07. The van der Waals surface area contributed by atoms with Crippen molar-refractivity contribution in [2.45, 2.75) is 52.2 Å². The van der Waals surface area contributed by atoms with E-state index in [-0.39, 0.29) is 12.0 Å². The molecule has 1 fully saturated rings. The lowest BCUT2D eigenvalue weighted by atomic mass is 9.97. The zero-order valence-corrected chi connectivity index (χ0v) is 16.1. The number of aromatic nitrogens is 5. The van der Waals surface area contributed by atoms with E-state index < -0.39 is 0 Å². The van der Waals surface area contributed by atoms with Gasteiger partial charge in [-0.1, -0.05) is 26.0 Å². The standard InChI is InChI=1S/C17H20BrN5O2/c1-17(2,3)16-21-19-13(25-16)9-24-12-7-6-11-15(14(12)18)20-22-23(11)8-10-4-5-10/h6-7,10H,4-5,8-9H2,1-3H3. The van der Waals surface area contributed by atoms with Crippen molar-refractivity contribution in [1.82, 2.24) is 25.2 Å². The molecule has 4 rings (SSSR count). The third-order valence-corrected chi connectivity index (χ3v) is 4.94. The van der Waals surface area contributed by atoms with Crippen molar-refractivity contribution < 1.29 is 9.15 Å². The summed E-state index contributed by atoms with van der Waals surface area (Å²) in [6, 6.07) is 3.91. The van der Waals surface area contributed by atoms with Crippen LogP contribution in [0.1, 0.15) is 45.4 Å². The number of rotatable bonds is 5. The fourth-order valence-electron chi connectivity index (χ4n) is 2.53. The van der Waals surface area contributed by atoms with Gasteiger partial charge in [-0.3, -0.25) is 0 Å². The van der Waals surface area contributed by atoms with E-state index >= 15 is 0 Å². The number of hydrogen-bond donors (Lipinski definition) is 0. The van der Waals surface area contributed by atoms with Crippen LogP contribution >= 0.6 is 15.9 Å². The van der Waals surface area contributed by atoms with E-state index in [0.29, 0.717) is 17.5 Å². The minimum Gasteiger partial charge on any atom is -0.483 e. The summed E-state index contributed by atoms with van der Waals surface area (Å²) in [6.45, 7) is 7.23. The normalized spacial score (nSPS) is 15.0. The Bertz CT molecular complexity index is 908. The number of ether oxygens (including phenoxy) is 1. The maximum Gasteiger partial charge on any atom is 0.253 e. The molecule has 2 aromatic heterocycles. The Kier molecular flexibility index (Phi) is 4.02. The summed E-state index contributed by atoms with van der Waals surface area (Å²) >= 11 is 3.58. The largest absolute Gasteiger partial charge is 0.483 e. The van der Waals surface area contributed by atoms with Gasteiger partial charge in [0.2, 0.25) is 5.89 Å². The smallest absolute Gasteiger partial charge is 0.253 e. The lowest BCUT2D eigenvalue weighted by molar-refractivity contribution is 0.250. The molecule has 132 valence electrons. The molecule has 0 spiro atoms. The molecule has 7 nitrogen and oxygen atoms in total. The Labute approximate surface area is 153 Å². The van der Waals surface area contributed by atoms with Crippen LogP contribution in [0.3, 0.4) is 0 Å². The topological polar surface area (TPSA) is 78.9 Å². The van der Waals surface area contributed by atoms with Crippen molar-refractivity contribution in [3.05, 3.63) is 28.4 Å². The van der Waals surface area contributed by atoms with Gasteiger partial charge in [-0.15, -0.1) is 15.3 Å². The minimum atomic E-state index is -0.176. The molecule has 0 bridgehead atoms. The second-order valence-corrected chi connectivity index (χ2v) is 8.29. The highest BCUT2D eigenvalue weighted by atomic mass is 79.9. The van der Waals surface area contributed by atoms with E-state index in [4.69, 9.17) is 9.15 Å². The zero-order valence-electron chi connectivity index (χ0n) is 14.5. The molecule has 0 radical (unpaired) electrons. The molecule has 0 atom stereocenters. The van der Waals surface area contributed by atoms with Gasteiger partial charge in [-0.2, -0.15) is 0 Å². The third-order valence-electron chi connectivity index (χ3n) is 4.18. The van der Waals surface area contributed by atoms with Crippen molar-refractivity contribution in [3.63, 3.8) is 0 Å². The maximum absolute atomic E-state index is 5.84. The van der Waals surface area contributed by atoms with E-state index in [9.17, 15) is 0 Å². The predicted molar refractivity (Wildman–Crippen MR) is 95.3 cm³/mol. The number of fused-ring (bicyclic) bond motifs is 1. The average molecular weight is 406 g/mol. The molecule has 1 saturated carbocycles. The fourth-order valence-corrected chi connectivity index (χ4v) is 3.06. The van der Waals surface area contributed by atoms with Gasteiger partial charge in [0.15, 0.2) is 6.61 Å². The number of nitrogens with zero attached hydrogens (tertiary/aromatic N) is 5. The van der Waals surface area contributed by atoms with Crippen LogP contribution in [0.25, 0.3) is 11.0 Å². The Morgan fingerprint density at radius 1 is 1.24 bits per heavy atom. The Hall–Kier alpha value is -1.96. The number of hydrogen-bond acceptors (Lipinski definition) is 6. The summed E-state index contributed by atoms with van der Waals surface area (Å²) in [7, 11) is 0. The van der Waals surface area contributed by atoms with Crippen LogP contribution in [0.4, 0.5) is 0 Å². The molecule has 3 aromatic rings. The van der Waals surface area contributed by atoms with E-state index in [0.717, 1.165) is 28.0 Å². The first-order valence-electron chi connectivity index (χ1n) is 8.39. The van der Waals surface area contributed by atoms with Gasteiger partial charge in [0.1, 0.15) is 11.3 Å². The molecule has 2 heterocycles. The number of benzene rings is 1. The van der Waals surface area contributed by atoms with Crippen LogP contribution in [-0.4, -0.2) is 25.2 Å². The van der Waals surface area contributed by atoms with Crippen molar-refractivity contribution in [2.75, 3.05) is 0 Å². The van der Waals surface area contributed by atoms with Crippen molar-refractivity contribution in [3.8, 4) is 5.75 Å². The molecule has 8 heteroatoms. The minimum absolute atomic E-state index is 0.176. The molecule has 1 aliphatic rings. The molecule has 0 aliphatic heterocycles. The van der Waals surface area contributed by atoms with Crippen LogP contribution in [0.5, 0.6) is 5.75 Å². The maximum atomic E-state index is 5.84. The first-order chi connectivity index (χ1) is 11.9. The van der Waals surface area contributed by atoms with E-state index in [1.807, 2.05) is 37.6 Å². The molecular weight excluding hydrogens is 386 g/mol. The van der Waals surface area contributed by atoms with Gasteiger partial charge in [0.25, 0.3) is 5.89 Å². The van der Waals surface area contributed by atoms with Gasteiger partial charge >= 0.3 is 0 Å². The highest BCUT2D eigenvalue weighted by Gasteiger charge is 2.24. The SMILES string of the molecule is CC(C)(C)c1nnc(COc2ccc3c(nnn3CC3CC3)c2Br)o1. The van der Waals surface area contributed by atoms with Crippen molar-refractivity contribution in [2.24, 2.45) is 5.92 Å². The van der Waals surface area contributed by atoms with Gasteiger partial charge < -0.3 is 9.15 Å². The molecule has 1 aromatic carbocycles. The Balaban J connectivity index is 1.51. The fraction of sp³-hybridized carbons (Fsp3) is 0.529. The second kappa shape index (κ2) is 6.09. The Morgan fingerprint density at radius 3 is 2.72 bits per heavy atom. The van der Waals surface area contributed by atoms with Gasteiger partial charge in [-0.25, -0.2) is 4.68 Å². The van der Waals surface area contributed by atoms with Crippen LogP contribution in [0.15, 0.2) is 21.0 Å². The van der Waals surface area contributed by atoms with Gasteiger partial charge in [-0.05, 0) is 46.8 Å². The number of halogens is 1. The summed E-state index contributed by atoms with van der Waals surface area (Å²) in [5.74, 6) is 2.48. The lowest BCUT2D eigenvalue weighted by Crippen LogP contribution is -2.11. The lowest BCUT2D eigenvalue weighted by Gasteiger charge is -2.11. The van der Waals surface area contributed by atoms with Crippen LogP contribution in [0, 0.1) is 5.92 Å². The molecular formula is C17H20BrN5O2. The molecule has 1 aliphatic carbocycles. The van der Waals surface area contributed by atoms with E-state index in [1.165, 1.54) is 12.8 Å². The van der Waals surface area contributed by atoms with Crippen molar-refractivity contribution >= 4 is 27.0 Å². The first kappa shape index (κ1) is 16.5. The highest BCUT2D eigenvalue weighted by Crippen LogP contribution is 2.35. The van der Waals surface area contributed by atoms with Crippen LogP contribution < -0.4 is 4.74 Å². The first-order valence-corrected chi connectivity index (χ1v) is 9.18. The molecule has 0 amide bonds. The zero-order chi connectivity index (χ0) is 17.6. The predicted octanol–water partition coefficient (Wildman–Crippen LogP) is 3.86. The van der Waals surface area contributed by atoms with Crippen LogP contribution in [-0.2, 0) is 18.6 Å². The molecule has 0 saturated heterocycles. The van der Waals surface area contributed by atoms with Gasteiger partial charge in [0.05, 0.1) is 9.99 Å². The van der Waals surface area contributed by atoms with Crippen molar-refractivity contribution in [1.29, 1.82) is 0 Å². The summed E-state index contributed by atoms with van der Waals surface area (Å²) < 4.78 is 14.3. The Morgan fingerprint density at radius 2 is 2.04 bits per heavy atom. The third kappa shape index (κ3) is 3.40. The molecule has 0 N–H and O–H groups in total. The summed E-state index contributed by atoms with van der Waals surface area (Å²) in [6.07, 6.45) is 2.56. The van der Waals surface area contributed by atoms with E-state index in [2.05, 4.69) is 36.4 Å². The summed E-state index contributed by atoms with van der Waals surface area (Å²) in [5, 5.41) is 16.7. The summed E-state index contributed by atoms with van der Waals surface area (Å²) in [4.78, 5) is 0. The second-order valence-electron chi connectivity index (χ2n) is 7.50. The quantitative estimate of drug-likeness (QED) is 0.640. The highest BCUT2D eigenvalue weighted by molar-refractivity contribution is 9.10.